The summed E-state index contributed by atoms with van der Waals surface area (Å²) in [6.07, 6.45) is 2.40. The van der Waals surface area contributed by atoms with Crippen molar-refractivity contribution in [2.75, 3.05) is 20.1 Å². The molecule has 0 amide bonds. The minimum absolute atomic E-state index is 0. The van der Waals surface area contributed by atoms with Crippen molar-refractivity contribution in [2.45, 2.75) is 51.7 Å². The van der Waals surface area contributed by atoms with Gasteiger partial charge in [-0.1, -0.05) is 31.2 Å². The summed E-state index contributed by atoms with van der Waals surface area (Å²) in [6, 6.07) is 9.43. The molecule has 0 saturated heterocycles. The first-order valence-electron chi connectivity index (χ1n) is 8.78. The highest BCUT2D eigenvalue weighted by Gasteiger charge is 2.34. The van der Waals surface area contributed by atoms with Gasteiger partial charge in [0.25, 0.3) is 0 Å². The Morgan fingerprint density at radius 3 is 2.58 bits per heavy atom. The van der Waals surface area contributed by atoms with E-state index in [0.29, 0.717) is 6.04 Å². The topological polar surface area (TPSA) is 39.7 Å². The first-order valence-corrected chi connectivity index (χ1v) is 8.78. The molecule has 1 heterocycles. The van der Waals surface area contributed by atoms with Gasteiger partial charge in [0, 0.05) is 38.3 Å². The lowest BCUT2D eigenvalue weighted by Gasteiger charge is -2.42. The highest BCUT2D eigenvalue weighted by Crippen LogP contribution is 2.29. The van der Waals surface area contributed by atoms with Crippen LogP contribution in [0.3, 0.4) is 0 Å². The van der Waals surface area contributed by atoms with Crippen molar-refractivity contribution in [3.63, 3.8) is 0 Å². The van der Waals surface area contributed by atoms with Crippen LogP contribution in [0.1, 0.15) is 38.3 Å². The van der Waals surface area contributed by atoms with Crippen LogP contribution >= 0.6 is 24.0 Å². The number of halogens is 1. The summed E-state index contributed by atoms with van der Waals surface area (Å²) in [6.45, 7) is 9.98. The maximum absolute atomic E-state index is 4.36. The van der Waals surface area contributed by atoms with E-state index in [1.807, 2.05) is 7.05 Å². The van der Waals surface area contributed by atoms with Crippen molar-refractivity contribution in [3.8, 4) is 0 Å². The number of guanidine groups is 1. The summed E-state index contributed by atoms with van der Waals surface area (Å²) < 4.78 is 0. The molecule has 0 aromatic heterocycles. The summed E-state index contributed by atoms with van der Waals surface area (Å²) in [4.78, 5) is 6.94. The minimum Gasteiger partial charge on any atom is -0.355 e. The lowest BCUT2D eigenvalue weighted by atomic mass is 9.94. The molecule has 1 aromatic carbocycles. The SMILES string of the molecule is CN=C(NCC(C)(C)N1CCc2ccccc2C1)NC1CC1C.I. The normalized spacial score (nSPS) is 23.9. The molecule has 0 spiro atoms. The van der Waals surface area contributed by atoms with Gasteiger partial charge >= 0.3 is 0 Å². The van der Waals surface area contributed by atoms with E-state index in [1.54, 1.807) is 0 Å². The van der Waals surface area contributed by atoms with Crippen molar-refractivity contribution < 1.29 is 0 Å². The molecule has 1 aromatic rings. The van der Waals surface area contributed by atoms with Crippen molar-refractivity contribution in [1.29, 1.82) is 0 Å². The molecule has 4 nitrogen and oxygen atoms in total. The predicted molar refractivity (Wildman–Crippen MR) is 112 cm³/mol. The maximum atomic E-state index is 4.36. The van der Waals surface area contributed by atoms with Crippen LogP contribution in [0, 0.1) is 5.92 Å². The Morgan fingerprint density at radius 1 is 1.29 bits per heavy atom. The van der Waals surface area contributed by atoms with Crippen LogP contribution in [0.25, 0.3) is 0 Å². The van der Waals surface area contributed by atoms with Gasteiger partial charge in [0.05, 0.1) is 0 Å². The minimum atomic E-state index is 0. The number of hydrogen-bond donors (Lipinski definition) is 2. The number of hydrogen-bond acceptors (Lipinski definition) is 2. The second-order valence-electron chi connectivity index (χ2n) is 7.64. The molecule has 3 rings (SSSR count). The van der Waals surface area contributed by atoms with E-state index < -0.39 is 0 Å². The fourth-order valence-electron chi connectivity index (χ4n) is 3.32. The van der Waals surface area contributed by atoms with Gasteiger partial charge in [0.1, 0.15) is 0 Å². The predicted octanol–water partition coefficient (Wildman–Crippen LogP) is 3.01. The smallest absolute Gasteiger partial charge is 0.191 e. The Kier molecular flexibility index (Phi) is 6.53. The summed E-state index contributed by atoms with van der Waals surface area (Å²) in [5.74, 6) is 1.71. The summed E-state index contributed by atoms with van der Waals surface area (Å²) in [5.41, 5.74) is 3.08. The monoisotopic (exact) mass is 442 g/mol. The lowest BCUT2D eigenvalue weighted by Crippen LogP contribution is -2.54. The average Bonchev–Trinajstić information content (AvgIpc) is 3.26. The molecule has 0 bridgehead atoms. The Morgan fingerprint density at radius 2 is 1.96 bits per heavy atom. The fraction of sp³-hybridized carbons (Fsp3) is 0.632. The quantitative estimate of drug-likeness (QED) is 0.428. The van der Waals surface area contributed by atoms with Crippen LogP contribution in [0.4, 0.5) is 0 Å². The van der Waals surface area contributed by atoms with Crippen LogP contribution in [-0.4, -0.2) is 42.6 Å². The third-order valence-electron chi connectivity index (χ3n) is 5.33. The van der Waals surface area contributed by atoms with Crippen LogP contribution < -0.4 is 10.6 Å². The van der Waals surface area contributed by atoms with Crippen molar-refractivity contribution in [3.05, 3.63) is 35.4 Å². The van der Waals surface area contributed by atoms with E-state index in [2.05, 4.69) is 65.6 Å². The third kappa shape index (κ3) is 4.63. The Hall–Kier alpha value is -0.820. The number of nitrogens with zero attached hydrogens (tertiary/aromatic N) is 2. The van der Waals surface area contributed by atoms with Gasteiger partial charge in [0.2, 0.25) is 0 Å². The van der Waals surface area contributed by atoms with Crippen molar-refractivity contribution >= 4 is 29.9 Å². The lowest BCUT2D eigenvalue weighted by molar-refractivity contribution is 0.107. The average molecular weight is 442 g/mol. The summed E-state index contributed by atoms with van der Waals surface area (Å²) in [7, 11) is 1.85. The van der Waals surface area contributed by atoms with E-state index in [0.717, 1.165) is 37.9 Å². The van der Waals surface area contributed by atoms with Gasteiger partial charge in [-0.3, -0.25) is 9.89 Å². The molecule has 0 radical (unpaired) electrons. The largest absolute Gasteiger partial charge is 0.355 e. The maximum Gasteiger partial charge on any atom is 0.191 e. The molecule has 1 aliphatic carbocycles. The first-order chi connectivity index (χ1) is 11.0. The van der Waals surface area contributed by atoms with Gasteiger partial charge in [0.15, 0.2) is 5.96 Å². The molecule has 1 fully saturated rings. The Labute approximate surface area is 163 Å². The molecule has 1 aliphatic heterocycles. The Bertz CT molecular complexity index is 584. The van der Waals surface area contributed by atoms with Gasteiger partial charge in [-0.05, 0) is 43.7 Å². The zero-order chi connectivity index (χ0) is 16.4. The number of rotatable bonds is 4. The van der Waals surface area contributed by atoms with Gasteiger partial charge in [-0.25, -0.2) is 0 Å². The van der Waals surface area contributed by atoms with Crippen LogP contribution in [-0.2, 0) is 13.0 Å². The second kappa shape index (κ2) is 8.04. The molecular weight excluding hydrogens is 411 g/mol. The zero-order valence-corrected chi connectivity index (χ0v) is 17.6. The van der Waals surface area contributed by atoms with Gasteiger partial charge in [-0.15, -0.1) is 24.0 Å². The number of nitrogens with one attached hydrogen (secondary N) is 2. The molecule has 1 saturated carbocycles. The molecular formula is C19H31IN4. The van der Waals surface area contributed by atoms with E-state index in [4.69, 9.17) is 0 Å². The standard InChI is InChI=1S/C19H30N4.HI/c1-14-11-17(14)22-18(20-4)21-13-19(2,3)23-10-9-15-7-5-6-8-16(15)12-23;/h5-8,14,17H,9-13H2,1-4H3,(H2,20,21,22);1H. The summed E-state index contributed by atoms with van der Waals surface area (Å²) >= 11 is 0. The van der Waals surface area contributed by atoms with Crippen molar-refractivity contribution in [1.82, 2.24) is 15.5 Å². The van der Waals surface area contributed by atoms with E-state index in [9.17, 15) is 0 Å². The molecule has 134 valence electrons. The molecule has 24 heavy (non-hydrogen) atoms. The second-order valence-corrected chi connectivity index (χ2v) is 7.64. The number of benzene rings is 1. The molecule has 2 atom stereocenters. The molecule has 2 N–H and O–H groups in total. The number of fused-ring (bicyclic) bond motifs is 1. The van der Waals surface area contributed by atoms with Crippen LogP contribution in [0.15, 0.2) is 29.3 Å². The highest BCUT2D eigenvalue weighted by atomic mass is 127. The first kappa shape index (κ1) is 19.5. The van der Waals surface area contributed by atoms with Gasteiger partial charge in [-0.2, -0.15) is 0 Å². The summed E-state index contributed by atoms with van der Waals surface area (Å²) in [5, 5.41) is 7.02. The molecule has 2 unspecified atom stereocenters. The van der Waals surface area contributed by atoms with Crippen molar-refractivity contribution in [2.24, 2.45) is 10.9 Å². The third-order valence-corrected chi connectivity index (χ3v) is 5.33. The zero-order valence-electron chi connectivity index (χ0n) is 15.3. The molecule has 5 heteroatoms. The highest BCUT2D eigenvalue weighted by molar-refractivity contribution is 14.0. The van der Waals surface area contributed by atoms with Crippen LogP contribution in [0.2, 0.25) is 0 Å². The Balaban J connectivity index is 0.00000208. The fourth-order valence-corrected chi connectivity index (χ4v) is 3.32. The van der Waals surface area contributed by atoms with Crippen LogP contribution in [0.5, 0.6) is 0 Å². The number of aliphatic imine (C=N–C) groups is 1. The van der Waals surface area contributed by atoms with E-state index >= 15 is 0 Å². The molecule has 2 aliphatic rings. The van der Waals surface area contributed by atoms with E-state index in [1.165, 1.54) is 17.5 Å². The van der Waals surface area contributed by atoms with E-state index in [-0.39, 0.29) is 29.5 Å². The van der Waals surface area contributed by atoms with Gasteiger partial charge < -0.3 is 10.6 Å².